The topological polar surface area (TPSA) is 67.0 Å². The summed E-state index contributed by atoms with van der Waals surface area (Å²) in [6.07, 6.45) is 1.79. The number of aliphatic imine (C=N–C) groups is 1. The molecule has 0 aliphatic carbocycles. The minimum atomic E-state index is -2.86. The number of halogens is 2. The molecule has 0 saturated carbocycles. The van der Waals surface area contributed by atoms with Gasteiger partial charge in [-0.3, -0.25) is 0 Å². The largest absolute Gasteiger partial charge is 0.434 e. The van der Waals surface area contributed by atoms with Gasteiger partial charge in [-0.2, -0.15) is 8.78 Å². The zero-order chi connectivity index (χ0) is 17.6. The van der Waals surface area contributed by atoms with Gasteiger partial charge in [0.05, 0.1) is 6.54 Å². The Labute approximate surface area is 148 Å². The van der Waals surface area contributed by atoms with E-state index in [4.69, 9.17) is 5.73 Å². The van der Waals surface area contributed by atoms with Gasteiger partial charge in [0.25, 0.3) is 0 Å². The van der Waals surface area contributed by atoms with Crippen molar-refractivity contribution >= 4 is 22.4 Å². The summed E-state index contributed by atoms with van der Waals surface area (Å²) in [4.78, 5) is 12.8. The van der Waals surface area contributed by atoms with Crippen LogP contribution in [0.1, 0.15) is 5.56 Å². The lowest BCUT2D eigenvalue weighted by atomic mass is 10.2. The van der Waals surface area contributed by atoms with Gasteiger partial charge in [-0.05, 0) is 6.07 Å². The molecule has 2 heterocycles. The monoisotopic (exact) mass is 367 g/mol. The van der Waals surface area contributed by atoms with Gasteiger partial charge in [-0.1, -0.05) is 18.2 Å². The standard InChI is InChI=1S/C16H19F2N5OS/c17-14(18)24-13-4-2-1-3-12(13)11-21-15(19)22-6-8-23(9-7-22)16-20-5-10-25-16/h1-5,10,14H,6-9,11H2,(H2,19,21). The van der Waals surface area contributed by atoms with E-state index in [2.05, 4.69) is 19.6 Å². The van der Waals surface area contributed by atoms with Gasteiger partial charge in [0.1, 0.15) is 5.75 Å². The molecule has 0 atom stereocenters. The van der Waals surface area contributed by atoms with E-state index in [1.54, 1.807) is 35.7 Å². The summed E-state index contributed by atoms with van der Waals surface area (Å²) in [6.45, 7) is 0.445. The third-order valence-corrected chi connectivity index (χ3v) is 4.73. The summed E-state index contributed by atoms with van der Waals surface area (Å²) < 4.78 is 29.4. The minimum absolute atomic E-state index is 0.127. The Morgan fingerprint density at radius 2 is 2.04 bits per heavy atom. The number of ether oxygens (including phenoxy) is 1. The van der Waals surface area contributed by atoms with Gasteiger partial charge in [0.15, 0.2) is 11.1 Å². The predicted molar refractivity (Wildman–Crippen MR) is 94.3 cm³/mol. The number of benzene rings is 1. The first kappa shape index (κ1) is 17.4. The maximum atomic E-state index is 12.4. The van der Waals surface area contributed by atoms with Gasteiger partial charge in [-0.15, -0.1) is 11.3 Å². The molecule has 0 amide bonds. The molecule has 9 heteroatoms. The van der Waals surface area contributed by atoms with Crippen LogP contribution in [0.2, 0.25) is 0 Å². The Hall–Kier alpha value is -2.42. The van der Waals surface area contributed by atoms with Crippen molar-refractivity contribution < 1.29 is 13.5 Å². The van der Waals surface area contributed by atoms with Crippen LogP contribution in [0.4, 0.5) is 13.9 Å². The number of nitrogens with two attached hydrogens (primary N) is 1. The van der Waals surface area contributed by atoms with Crippen LogP contribution in [0.15, 0.2) is 40.8 Å². The fourth-order valence-corrected chi connectivity index (χ4v) is 3.31. The normalized spacial score (nSPS) is 15.7. The highest BCUT2D eigenvalue weighted by Crippen LogP contribution is 2.21. The van der Waals surface area contributed by atoms with Crippen LogP contribution < -0.4 is 15.4 Å². The third kappa shape index (κ3) is 4.56. The summed E-state index contributed by atoms with van der Waals surface area (Å²) in [5.74, 6) is 0.535. The molecule has 2 aromatic rings. The molecule has 1 fully saturated rings. The van der Waals surface area contributed by atoms with E-state index in [-0.39, 0.29) is 12.3 Å². The van der Waals surface area contributed by atoms with E-state index < -0.39 is 6.61 Å². The second-order valence-corrected chi connectivity index (χ2v) is 6.32. The van der Waals surface area contributed by atoms with Gasteiger partial charge in [0.2, 0.25) is 0 Å². The molecule has 25 heavy (non-hydrogen) atoms. The van der Waals surface area contributed by atoms with E-state index in [0.29, 0.717) is 11.5 Å². The number of aromatic nitrogens is 1. The number of nitrogens with zero attached hydrogens (tertiary/aromatic N) is 4. The third-order valence-electron chi connectivity index (χ3n) is 3.89. The quantitative estimate of drug-likeness (QED) is 0.649. The maximum Gasteiger partial charge on any atom is 0.387 e. The van der Waals surface area contributed by atoms with Crippen LogP contribution in [0.3, 0.4) is 0 Å². The Balaban J connectivity index is 1.58. The number of alkyl halides is 2. The second kappa shape index (κ2) is 8.11. The molecular formula is C16H19F2N5OS. The van der Waals surface area contributed by atoms with Crippen molar-refractivity contribution in [3.05, 3.63) is 41.4 Å². The van der Waals surface area contributed by atoms with E-state index >= 15 is 0 Å². The summed E-state index contributed by atoms with van der Waals surface area (Å²) in [5, 5.41) is 2.96. The molecule has 1 aromatic heterocycles. The first-order chi connectivity index (χ1) is 12.1. The molecule has 0 spiro atoms. The summed E-state index contributed by atoms with van der Waals surface area (Å²) in [7, 11) is 0. The van der Waals surface area contributed by atoms with Crippen LogP contribution in [0, 0.1) is 0 Å². The van der Waals surface area contributed by atoms with Crippen molar-refractivity contribution in [2.45, 2.75) is 13.2 Å². The minimum Gasteiger partial charge on any atom is -0.434 e. The van der Waals surface area contributed by atoms with Gasteiger partial charge >= 0.3 is 6.61 Å². The smallest absolute Gasteiger partial charge is 0.387 e. The SMILES string of the molecule is NC(=NCc1ccccc1OC(F)F)N1CCN(c2nccs2)CC1. The average molecular weight is 367 g/mol. The number of hydrogen-bond donors (Lipinski definition) is 1. The first-order valence-electron chi connectivity index (χ1n) is 7.85. The highest BCUT2D eigenvalue weighted by atomic mass is 32.1. The fraction of sp³-hybridized carbons (Fsp3) is 0.375. The highest BCUT2D eigenvalue weighted by Gasteiger charge is 2.20. The van der Waals surface area contributed by atoms with Crippen LogP contribution >= 0.6 is 11.3 Å². The number of para-hydroxylation sites is 1. The molecule has 0 unspecified atom stereocenters. The molecule has 0 radical (unpaired) electrons. The number of hydrogen-bond acceptors (Lipinski definition) is 5. The molecule has 1 aromatic carbocycles. The molecule has 6 nitrogen and oxygen atoms in total. The van der Waals surface area contributed by atoms with E-state index in [9.17, 15) is 8.78 Å². The van der Waals surface area contributed by atoms with Gasteiger partial charge < -0.3 is 20.3 Å². The molecule has 134 valence electrons. The zero-order valence-corrected chi connectivity index (χ0v) is 14.3. The van der Waals surface area contributed by atoms with Gasteiger partial charge in [0, 0.05) is 43.3 Å². The van der Waals surface area contributed by atoms with Crippen molar-refractivity contribution in [3.63, 3.8) is 0 Å². The lowest BCUT2D eigenvalue weighted by Gasteiger charge is -2.35. The molecule has 3 rings (SSSR count). The Morgan fingerprint density at radius 1 is 1.28 bits per heavy atom. The average Bonchev–Trinajstić information content (AvgIpc) is 3.15. The molecule has 2 N–H and O–H groups in total. The van der Waals surface area contributed by atoms with Crippen molar-refractivity contribution in [1.82, 2.24) is 9.88 Å². The summed E-state index contributed by atoms with van der Waals surface area (Å²) in [6, 6.07) is 6.60. The number of piperazine rings is 1. The van der Waals surface area contributed by atoms with Crippen molar-refractivity contribution in [3.8, 4) is 5.75 Å². The Morgan fingerprint density at radius 3 is 2.72 bits per heavy atom. The fourth-order valence-electron chi connectivity index (χ4n) is 2.61. The molecule has 1 aliphatic rings. The van der Waals surface area contributed by atoms with Crippen LogP contribution in [0.5, 0.6) is 5.75 Å². The lowest BCUT2D eigenvalue weighted by Crippen LogP contribution is -2.51. The molecular weight excluding hydrogens is 348 g/mol. The molecule has 0 bridgehead atoms. The number of rotatable bonds is 5. The number of guanidine groups is 1. The Kier molecular flexibility index (Phi) is 5.64. The lowest BCUT2D eigenvalue weighted by molar-refractivity contribution is -0.0504. The second-order valence-electron chi connectivity index (χ2n) is 5.45. The number of thiazole rings is 1. The number of anilines is 1. The van der Waals surface area contributed by atoms with E-state index in [1.807, 2.05) is 10.3 Å². The maximum absolute atomic E-state index is 12.4. The molecule has 1 saturated heterocycles. The van der Waals surface area contributed by atoms with Crippen LogP contribution in [0.25, 0.3) is 0 Å². The summed E-state index contributed by atoms with van der Waals surface area (Å²) >= 11 is 1.61. The predicted octanol–water partition coefficient (Wildman–Crippen LogP) is 2.38. The Bertz CT molecular complexity index is 702. The van der Waals surface area contributed by atoms with Crippen molar-refractivity contribution in [2.75, 3.05) is 31.1 Å². The van der Waals surface area contributed by atoms with Crippen LogP contribution in [-0.2, 0) is 6.54 Å². The van der Waals surface area contributed by atoms with E-state index in [1.165, 1.54) is 6.07 Å². The molecule has 1 aliphatic heterocycles. The van der Waals surface area contributed by atoms with E-state index in [0.717, 1.165) is 31.3 Å². The zero-order valence-electron chi connectivity index (χ0n) is 13.5. The summed E-state index contributed by atoms with van der Waals surface area (Å²) in [5.41, 5.74) is 6.64. The highest BCUT2D eigenvalue weighted by molar-refractivity contribution is 7.13. The van der Waals surface area contributed by atoms with Gasteiger partial charge in [-0.25, -0.2) is 9.98 Å². The van der Waals surface area contributed by atoms with Crippen LogP contribution in [-0.4, -0.2) is 48.6 Å². The van der Waals surface area contributed by atoms with Crippen molar-refractivity contribution in [2.24, 2.45) is 10.7 Å². The van der Waals surface area contributed by atoms with Crippen molar-refractivity contribution in [1.29, 1.82) is 0 Å². The first-order valence-corrected chi connectivity index (χ1v) is 8.73.